The second-order valence-electron chi connectivity index (χ2n) is 6.28. The van der Waals surface area contributed by atoms with Crippen LogP contribution in [0.5, 0.6) is 23.0 Å². The summed E-state index contributed by atoms with van der Waals surface area (Å²) in [6.45, 7) is -0.380. The highest BCUT2D eigenvalue weighted by atomic mass is 35.5. The molecule has 0 fully saturated rings. The Labute approximate surface area is 198 Å². The zero-order chi connectivity index (χ0) is 24.3. The van der Waals surface area contributed by atoms with Gasteiger partial charge >= 0.3 is 0 Å². The number of nitrogen functional groups attached to an aromatic ring is 1. The van der Waals surface area contributed by atoms with E-state index in [0.29, 0.717) is 39.8 Å². The van der Waals surface area contributed by atoms with E-state index in [4.69, 9.17) is 35.5 Å². The quantitative estimate of drug-likeness (QED) is 0.248. The van der Waals surface area contributed by atoms with Gasteiger partial charge in [-0.25, -0.2) is 0 Å². The number of anilines is 1. The van der Waals surface area contributed by atoms with Crippen molar-refractivity contribution < 1.29 is 28.8 Å². The van der Waals surface area contributed by atoms with Gasteiger partial charge in [0.25, 0.3) is 0 Å². The number of benzene rings is 2. The van der Waals surface area contributed by atoms with Gasteiger partial charge in [-0.05, 0) is 41.5 Å². The predicted molar refractivity (Wildman–Crippen MR) is 128 cm³/mol. The van der Waals surface area contributed by atoms with Gasteiger partial charge in [0, 0.05) is 0 Å². The van der Waals surface area contributed by atoms with E-state index in [1.165, 1.54) is 21.3 Å². The van der Waals surface area contributed by atoms with Crippen molar-refractivity contribution in [3.05, 3.63) is 41.5 Å². The number of ether oxygens (including phenoxy) is 4. The minimum Gasteiger partial charge on any atom is -0.495 e. The molecule has 0 aliphatic carbocycles. The highest BCUT2D eigenvalue weighted by Crippen LogP contribution is 2.40. The lowest BCUT2D eigenvalue weighted by Crippen LogP contribution is -2.39. The molecule has 33 heavy (non-hydrogen) atoms. The Morgan fingerprint density at radius 3 is 1.94 bits per heavy atom. The zero-order valence-electron chi connectivity index (χ0n) is 18.8. The SMILES string of the molecule is COc1ccc(/C=C(/C#N)c2cc(OC)c(OC)c(OC)c2)cc1N.Cl.NC(=O)[C@@H](N)CO. The summed E-state index contributed by atoms with van der Waals surface area (Å²) in [5.74, 6) is 1.34. The maximum Gasteiger partial charge on any atom is 0.236 e. The van der Waals surface area contributed by atoms with E-state index in [9.17, 15) is 10.1 Å². The number of methoxy groups -OCH3 is 4. The van der Waals surface area contributed by atoms with Crippen LogP contribution >= 0.6 is 12.4 Å². The lowest BCUT2D eigenvalue weighted by atomic mass is 10.0. The number of primary amides is 1. The minimum atomic E-state index is -0.903. The summed E-state index contributed by atoms with van der Waals surface area (Å²) in [7, 11) is 6.14. The van der Waals surface area contributed by atoms with Gasteiger partial charge in [-0.2, -0.15) is 5.26 Å². The Balaban J connectivity index is 0.00000111. The zero-order valence-corrected chi connectivity index (χ0v) is 19.6. The standard InChI is InChI=1S/C19H20N2O4.C3H8N2O2.ClH/c1-22-16-6-5-12(8-15(16)21)7-14(11-20)13-9-17(23-2)19(25-4)18(10-13)24-3;4-2(1-6)3(5)7;/h5-10H,21H2,1-4H3;2,6H,1,4H2,(H2,5,7);1H/b14-7-;;/t;2-;/m.0./s1. The first kappa shape index (κ1) is 29.4. The van der Waals surface area contributed by atoms with Crippen LogP contribution in [0.25, 0.3) is 11.6 Å². The number of carbonyl (C=O) groups is 1. The molecule has 2 rings (SSSR count). The van der Waals surface area contributed by atoms with Crippen LogP contribution in [-0.2, 0) is 4.79 Å². The lowest BCUT2D eigenvalue weighted by molar-refractivity contribution is -0.120. The smallest absolute Gasteiger partial charge is 0.236 e. The molecule has 0 spiro atoms. The number of amides is 1. The van der Waals surface area contributed by atoms with Crippen molar-refractivity contribution in [3.8, 4) is 29.1 Å². The van der Waals surface area contributed by atoms with Crippen LogP contribution in [-0.4, -0.2) is 52.1 Å². The van der Waals surface area contributed by atoms with Gasteiger partial charge in [0.1, 0.15) is 11.8 Å². The fourth-order valence-electron chi connectivity index (χ4n) is 2.52. The molecule has 0 saturated carbocycles. The van der Waals surface area contributed by atoms with E-state index in [1.54, 1.807) is 37.5 Å². The van der Waals surface area contributed by atoms with E-state index in [0.717, 1.165) is 5.56 Å². The summed E-state index contributed by atoms with van der Waals surface area (Å²) in [5.41, 5.74) is 17.8. The van der Waals surface area contributed by atoms with Crippen LogP contribution in [0.2, 0.25) is 0 Å². The average Bonchev–Trinajstić information content (AvgIpc) is 2.81. The van der Waals surface area contributed by atoms with Crippen LogP contribution in [0.4, 0.5) is 5.69 Å². The van der Waals surface area contributed by atoms with Gasteiger partial charge in [0.2, 0.25) is 11.7 Å². The minimum absolute atomic E-state index is 0. The summed E-state index contributed by atoms with van der Waals surface area (Å²) in [4.78, 5) is 9.87. The van der Waals surface area contributed by atoms with Crippen molar-refractivity contribution >= 4 is 35.7 Å². The van der Waals surface area contributed by atoms with Crippen molar-refractivity contribution in [2.45, 2.75) is 6.04 Å². The number of nitrogens with zero attached hydrogens (tertiary/aromatic N) is 1. The number of rotatable bonds is 8. The van der Waals surface area contributed by atoms with Gasteiger partial charge in [-0.3, -0.25) is 4.79 Å². The van der Waals surface area contributed by atoms with Crippen LogP contribution in [0.1, 0.15) is 11.1 Å². The van der Waals surface area contributed by atoms with Crippen molar-refractivity contribution in [3.63, 3.8) is 0 Å². The molecular weight excluding hydrogens is 452 g/mol. The van der Waals surface area contributed by atoms with Crippen molar-refractivity contribution in [2.75, 3.05) is 40.8 Å². The lowest BCUT2D eigenvalue weighted by Gasteiger charge is -2.14. The molecule has 11 heteroatoms. The molecule has 0 aliphatic heterocycles. The first-order chi connectivity index (χ1) is 15.3. The Hall–Kier alpha value is -3.65. The third kappa shape index (κ3) is 8.08. The molecule has 0 aliphatic rings. The Kier molecular flexibility index (Phi) is 12.8. The summed E-state index contributed by atoms with van der Waals surface area (Å²) >= 11 is 0. The van der Waals surface area contributed by atoms with Crippen LogP contribution < -0.4 is 36.1 Å². The molecule has 0 saturated heterocycles. The third-order valence-corrected chi connectivity index (χ3v) is 4.22. The molecule has 10 nitrogen and oxygen atoms in total. The van der Waals surface area contributed by atoms with Crippen LogP contribution in [0.15, 0.2) is 30.3 Å². The molecular formula is C22H29ClN4O6. The number of allylic oxidation sites excluding steroid dienone is 1. The number of nitrogens with two attached hydrogens (primary N) is 3. The number of aliphatic hydroxyl groups is 1. The molecule has 1 atom stereocenters. The van der Waals surface area contributed by atoms with E-state index in [1.807, 2.05) is 6.07 Å². The normalized spacial score (nSPS) is 11.0. The molecule has 1 amide bonds. The summed E-state index contributed by atoms with van der Waals surface area (Å²) in [6.07, 6.45) is 1.73. The van der Waals surface area contributed by atoms with Crippen LogP contribution in [0.3, 0.4) is 0 Å². The maximum atomic E-state index is 9.87. The average molecular weight is 481 g/mol. The fourth-order valence-corrected chi connectivity index (χ4v) is 2.52. The number of hydrogen-bond donors (Lipinski definition) is 4. The van der Waals surface area contributed by atoms with E-state index in [-0.39, 0.29) is 19.0 Å². The molecule has 0 heterocycles. The van der Waals surface area contributed by atoms with Gasteiger partial charge in [0.05, 0.1) is 52.4 Å². The van der Waals surface area contributed by atoms with E-state index in [2.05, 4.69) is 11.8 Å². The van der Waals surface area contributed by atoms with Gasteiger partial charge in [0.15, 0.2) is 11.5 Å². The van der Waals surface area contributed by atoms with Crippen molar-refractivity contribution in [2.24, 2.45) is 11.5 Å². The number of hydrogen-bond acceptors (Lipinski definition) is 9. The highest BCUT2D eigenvalue weighted by molar-refractivity contribution is 5.91. The van der Waals surface area contributed by atoms with Crippen molar-refractivity contribution in [1.82, 2.24) is 0 Å². The summed E-state index contributed by atoms with van der Waals surface area (Å²) in [5, 5.41) is 17.7. The second kappa shape index (κ2) is 14.4. The molecule has 2 aromatic carbocycles. The molecule has 2 aromatic rings. The fraction of sp³-hybridized carbons (Fsp3) is 0.273. The number of carbonyl (C=O) groups excluding carboxylic acids is 1. The summed E-state index contributed by atoms with van der Waals surface area (Å²) in [6, 6.07) is 10.1. The topological polar surface area (TPSA) is 176 Å². The molecule has 0 bridgehead atoms. The first-order valence-electron chi connectivity index (χ1n) is 9.27. The van der Waals surface area contributed by atoms with Gasteiger partial charge in [-0.15, -0.1) is 12.4 Å². The largest absolute Gasteiger partial charge is 0.495 e. The van der Waals surface area contributed by atoms with Gasteiger partial charge in [-0.1, -0.05) is 6.07 Å². The molecule has 7 N–H and O–H groups in total. The second-order valence-corrected chi connectivity index (χ2v) is 6.28. The van der Waals surface area contributed by atoms with Gasteiger partial charge < -0.3 is 41.3 Å². The predicted octanol–water partition coefficient (Wildman–Crippen LogP) is 1.58. The number of aliphatic hydroxyl groups excluding tert-OH is 1. The van der Waals surface area contributed by atoms with E-state index >= 15 is 0 Å². The number of halogens is 1. The number of nitriles is 1. The van der Waals surface area contributed by atoms with E-state index < -0.39 is 11.9 Å². The molecule has 0 aromatic heterocycles. The Morgan fingerprint density at radius 1 is 1.06 bits per heavy atom. The Bertz CT molecular complexity index is 982. The third-order valence-electron chi connectivity index (χ3n) is 4.22. The Morgan fingerprint density at radius 2 is 1.61 bits per heavy atom. The monoisotopic (exact) mass is 480 g/mol. The molecule has 180 valence electrons. The molecule has 0 radical (unpaired) electrons. The maximum absolute atomic E-state index is 9.87. The first-order valence-corrected chi connectivity index (χ1v) is 9.27. The van der Waals surface area contributed by atoms with Crippen molar-refractivity contribution in [1.29, 1.82) is 5.26 Å². The highest BCUT2D eigenvalue weighted by Gasteiger charge is 2.15. The van der Waals surface area contributed by atoms with Crippen LogP contribution in [0, 0.1) is 11.3 Å². The summed E-state index contributed by atoms with van der Waals surface area (Å²) < 4.78 is 21.1. The molecule has 0 unspecified atom stereocenters.